The lowest BCUT2D eigenvalue weighted by Gasteiger charge is -2.25. The molecule has 1 amide bonds. The van der Waals surface area contributed by atoms with E-state index < -0.39 is 13.5 Å². The van der Waals surface area contributed by atoms with Gasteiger partial charge < -0.3 is 14.4 Å². The molecule has 1 fully saturated rings. The number of methoxy groups -OCH3 is 1. The van der Waals surface area contributed by atoms with Crippen molar-refractivity contribution in [3.05, 3.63) is 64.4 Å². The molecule has 1 saturated heterocycles. The Bertz CT molecular complexity index is 1210. The number of aromatic nitrogens is 3. The van der Waals surface area contributed by atoms with Crippen molar-refractivity contribution in [2.45, 2.75) is 57.7 Å². The highest BCUT2D eigenvalue weighted by Gasteiger charge is 2.46. The van der Waals surface area contributed by atoms with Gasteiger partial charge in [0, 0.05) is 38.4 Å². The van der Waals surface area contributed by atoms with Crippen molar-refractivity contribution < 1.29 is 14.3 Å². The topological polar surface area (TPSA) is 69.5 Å². The second kappa shape index (κ2) is 10.9. The minimum absolute atomic E-state index is 0.105. The standard InChI is InChI=1S/C27H35BrN4O3Si/c1-27(12-14-31(26(27)33)18-20-8-10-21(34-2)11-9-20)24-17-23(25-22(28)7-6-13-29-25)30-32(24)19-35-15-16-36(3,4)5/h6-11,13,17H,12,14-16,18-19H2,1-5H3. The van der Waals surface area contributed by atoms with Crippen LogP contribution in [0.5, 0.6) is 5.75 Å². The first-order valence-electron chi connectivity index (χ1n) is 12.3. The van der Waals surface area contributed by atoms with Crippen LogP contribution in [0.3, 0.4) is 0 Å². The minimum atomic E-state index is -1.21. The second-order valence-corrected chi connectivity index (χ2v) is 17.2. The number of hydrogen-bond acceptors (Lipinski definition) is 5. The van der Waals surface area contributed by atoms with Crippen LogP contribution in [-0.4, -0.2) is 53.9 Å². The molecular formula is C27H35BrN4O3Si. The average molecular weight is 572 g/mol. The number of halogens is 1. The number of likely N-dealkylation sites (tertiary alicyclic amines) is 1. The monoisotopic (exact) mass is 570 g/mol. The van der Waals surface area contributed by atoms with Gasteiger partial charge in [-0.25, -0.2) is 4.68 Å². The van der Waals surface area contributed by atoms with Crippen molar-refractivity contribution in [3.8, 4) is 17.1 Å². The van der Waals surface area contributed by atoms with Crippen molar-refractivity contribution in [2.24, 2.45) is 0 Å². The molecule has 9 heteroatoms. The molecule has 0 bridgehead atoms. The normalized spacial score (nSPS) is 18.2. The molecule has 1 aliphatic heterocycles. The number of carbonyl (C=O) groups is 1. The zero-order chi connectivity index (χ0) is 25.9. The van der Waals surface area contributed by atoms with E-state index in [0.717, 1.165) is 38.9 Å². The average Bonchev–Trinajstić information content (AvgIpc) is 3.40. The van der Waals surface area contributed by atoms with Crippen molar-refractivity contribution >= 4 is 29.9 Å². The summed E-state index contributed by atoms with van der Waals surface area (Å²) in [6, 6.07) is 14.8. The molecule has 2 aromatic heterocycles. The van der Waals surface area contributed by atoms with Gasteiger partial charge in [0.15, 0.2) is 0 Å². The predicted molar refractivity (Wildman–Crippen MR) is 148 cm³/mol. The molecule has 0 radical (unpaired) electrons. The quantitative estimate of drug-likeness (QED) is 0.230. The van der Waals surface area contributed by atoms with E-state index in [0.29, 0.717) is 32.8 Å². The van der Waals surface area contributed by atoms with Gasteiger partial charge in [-0.15, -0.1) is 0 Å². The summed E-state index contributed by atoms with van der Waals surface area (Å²) in [6.07, 6.45) is 2.47. The number of hydrogen-bond donors (Lipinski definition) is 0. The molecule has 0 aliphatic carbocycles. The summed E-state index contributed by atoms with van der Waals surface area (Å²) in [4.78, 5) is 20.2. The summed E-state index contributed by atoms with van der Waals surface area (Å²) < 4.78 is 14.1. The molecule has 36 heavy (non-hydrogen) atoms. The van der Waals surface area contributed by atoms with Crippen LogP contribution in [0.15, 0.2) is 53.1 Å². The largest absolute Gasteiger partial charge is 0.497 e. The Morgan fingerprint density at radius 3 is 2.58 bits per heavy atom. The smallest absolute Gasteiger partial charge is 0.234 e. The van der Waals surface area contributed by atoms with Gasteiger partial charge in [0.05, 0.1) is 18.2 Å². The number of rotatable bonds is 10. The lowest BCUT2D eigenvalue weighted by molar-refractivity contribution is -0.132. The van der Waals surface area contributed by atoms with Crippen molar-refractivity contribution in [2.75, 3.05) is 20.3 Å². The highest BCUT2D eigenvalue weighted by Crippen LogP contribution is 2.38. The van der Waals surface area contributed by atoms with Crippen molar-refractivity contribution in [3.63, 3.8) is 0 Å². The van der Waals surface area contributed by atoms with E-state index in [9.17, 15) is 4.79 Å². The van der Waals surface area contributed by atoms with E-state index in [1.54, 1.807) is 13.3 Å². The molecule has 1 aliphatic rings. The highest BCUT2D eigenvalue weighted by atomic mass is 79.9. The van der Waals surface area contributed by atoms with Gasteiger partial charge in [0.2, 0.25) is 5.91 Å². The summed E-state index contributed by atoms with van der Waals surface area (Å²) in [5.41, 5.74) is 2.74. The summed E-state index contributed by atoms with van der Waals surface area (Å²) in [5, 5.41) is 4.85. The van der Waals surface area contributed by atoms with Gasteiger partial charge in [-0.2, -0.15) is 5.10 Å². The van der Waals surface area contributed by atoms with E-state index >= 15 is 0 Å². The van der Waals surface area contributed by atoms with E-state index in [4.69, 9.17) is 14.6 Å². The Morgan fingerprint density at radius 2 is 1.92 bits per heavy atom. The molecular weight excluding hydrogens is 536 g/mol. The number of amides is 1. The van der Waals surface area contributed by atoms with Crippen LogP contribution in [0.25, 0.3) is 11.4 Å². The van der Waals surface area contributed by atoms with Crippen LogP contribution in [0.2, 0.25) is 25.7 Å². The molecule has 3 heterocycles. The van der Waals surface area contributed by atoms with Crippen LogP contribution < -0.4 is 4.74 Å². The molecule has 1 atom stereocenters. The lowest BCUT2D eigenvalue weighted by atomic mass is 9.84. The molecule has 3 aromatic rings. The number of ether oxygens (including phenoxy) is 2. The van der Waals surface area contributed by atoms with Gasteiger partial charge >= 0.3 is 0 Å². The fourth-order valence-electron chi connectivity index (χ4n) is 4.43. The van der Waals surface area contributed by atoms with Crippen LogP contribution >= 0.6 is 15.9 Å². The number of benzene rings is 1. The summed E-state index contributed by atoms with van der Waals surface area (Å²) in [5.74, 6) is 0.913. The molecule has 4 rings (SSSR count). The van der Waals surface area contributed by atoms with Crippen LogP contribution in [0, 0.1) is 0 Å². The van der Waals surface area contributed by atoms with Crippen molar-refractivity contribution in [1.29, 1.82) is 0 Å². The Kier molecular flexibility index (Phi) is 8.02. The van der Waals surface area contributed by atoms with Gasteiger partial charge in [0.1, 0.15) is 23.9 Å². The molecule has 7 nitrogen and oxygen atoms in total. The second-order valence-electron chi connectivity index (χ2n) is 10.8. The molecule has 1 unspecified atom stereocenters. The molecule has 192 valence electrons. The molecule has 0 N–H and O–H groups in total. The maximum atomic E-state index is 13.8. The van der Waals surface area contributed by atoms with Gasteiger partial charge in [-0.05, 0) is 71.2 Å². The van der Waals surface area contributed by atoms with Crippen LogP contribution in [-0.2, 0) is 28.2 Å². The first kappa shape index (κ1) is 26.6. The van der Waals surface area contributed by atoms with E-state index in [-0.39, 0.29) is 5.91 Å². The predicted octanol–water partition coefficient (Wildman–Crippen LogP) is 5.72. The molecule has 0 spiro atoms. The molecule has 1 aromatic carbocycles. The highest BCUT2D eigenvalue weighted by molar-refractivity contribution is 9.10. The number of nitrogens with zero attached hydrogens (tertiary/aromatic N) is 4. The number of pyridine rings is 1. The van der Waals surface area contributed by atoms with E-state index in [1.165, 1.54) is 0 Å². The van der Waals surface area contributed by atoms with E-state index in [1.807, 2.05) is 59.0 Å². The lowest BCUT2D eigenvalue weighted by Crippen LogP contribution is -2.37. The third kappa shape index (κ3) is 5.90. The summed E-state index contributed by atoms with van der Waals surface area (Å²) in [6.45, 7) is 11.3. The zero-order valence-electron chi connectivity index (χ0n) is 21.8. The van der Waals surface area contributed by atoms with Crippen LogP contribution in [0.1, 0.15) is 24.6 Å². The first-order chi connectivity index (χ1) is 17.1. The van der Waals surface area contributed by atoms with Crippen LogP contribution in [0.4, 0.5) is 0 Å². The van der Waals surface area contributed by atoms with Gasteiger partial charge in [-0.3, -0.25) is 9.78 Å². The van der Waals surface area contributed by atoms with Gasteiger partial charge in [-0.1, -0.05) is 31.8 Å². The first-order valence-corrected chi connectivity index (χ1v) is 16.8. The third-order valence-electron chi connectivity index (χ3n) is 6.73. The maximum absolute atomic E-state index is 13.8. The summed E-state index contributed by atoms with van der Waals surface area (Å²) in [7, 11) is 0.446. The van der Waals surface area contributed by atoms with Crippen molar-refractivity contribution in [1.82, 2.24) is 19.7 Å². The zero-order valence-corrected chi connectivity index (χ0v) is 24.3. The fraction of sp³-hybridized carbons (Fsp3) is 0.444. The maximum Gasteiger partial charge on any atom is 0.234 e. The fourth-order valence-corrected chi connectivity index (χ4v) is 5.65. The minimum Gasteiger partial charge on any atom is -0.497 e. The summed E-state index contributed by atoms with van der Waals surface area (Å²) >= 11 is 3.60. The Balaban J connectivity index is 1.60. The van der Waals surface area contributed by atoms with Gasteiger partial charge in [0.25, 0.3) is 0 Å². The molecule has 0 saturated carbocycles. The Hall–Kier alpha value is -2.49. The third-order valence-corrected chi connectivity index (χ3v) is 9.07. The Labute approximate surface area is 223 Å². The van der Waals surface area contributed by atoms with E-state index in [2.05, 4.69) is 40.6 Å². The number of carbonyl (C=O) groups excluding carboxylic acids is 1. The SMILES string of the molecule is COc1ccc(CN2CCC(C)(c3cc(-c4ncccc4Br)nn3COCC[Si](C)(C)C)C2=O)cc1. The Morgan fingerprint density at radius 1 is 1.17 bits per heavy atom.